The Morgan fingerprint density at radius 1 is 1.41 bits per heavy atom. The largest absolute Gasteiger partial charge is 0.481 e. The van der Waals surface area contributed by atoms with E-state index in [1.807, 2.05) is 0 Å². The summed E-state index contributed by atoms with van der Waals surface area (Å²) in [6, 6.07) is 0.352. The number of hydrogen-bond donors (Lipinski definition) is 3. The molecule has 0 aliphatic heterocycles. The molecule has 1 unspecified atom stereocenters. The van der Waals surface area contributed by atoms with E-state index in [9.17, 15) is 9.59 Å². The lowest BCUT2D eigenvalue weighted by atomic mass is 10.2. The maximum absolute atomic E-state index is 10.8. The van der Waals surface area contributed by atoms with E-state index in [0.29, 0.717) is 0 Å². The van der Waals surface area contributed by atoms with Crippen LogP contribution >= 0.6 is 0 Å². The number of hydrogen-bond acceptors (Lipinski definition) is 6. The first-order chi connectivity index (χ1) is 8.04. The molecule has 0 saturated carbocycles. The maximum atomic E-state index is 10.8. The number of rotatable bonds is 5. The predicted molar refractivity (Wildman–Crippen MR) is 54.0 cm³/mol. The standard InChI is InChI=1S/C9H8N4O4/c10-4-6-8(12-2-1-11-6)13-5(9(16)17)3-7(14)15/h1-2,5H,3H2,(H,12,13)(H,14,15)(H,16,17). The molecule has 0 aliphatic carbocycles. The molecule has 0 amide bonds. The number of carbonyl (C=O) groups is 2. The molecule has 0 aliphatic rings. The van der Waals surface area contributed by atoms with Gasteiger partial charge in [0.1, 0.15) is 12.1 Å². The maximum Gasteiger partial charge on any atom is 0.326 e. The van der Waals surface area contributed by atoms with Gasteiger partial charge in [0, 0.05) is 12.4 Å². The molecule has 0 radical (unpaired) electrons. The van der Waals surface area contributed by atoms with Crippen molar-refractivity contribution in [2.75, 3.05) is 5.32 Å². The van der Waals surface area contributed by atoms with Crippen LogP contribution in [0.4, 0.5) is 5.82 Å². The minimum atomic E-state index is -1.36. The minimum absolute atomic E-state index is 0.0522. The summed E-state index contributed by atoms with van der Waals surface area (Å²) >= 11 is 0. The van der Waals surface area contributed by atoms with Crippen LogP contribution in [0.2, 0.25) is 0 Å². The fourth-order valence-electron chi connectivity index (χ4n) is 1.07. The third kappa shape index (κ3) is 3.42. The van der Waals surface area contributed by atoms with Gasteiger partial charge in [-0.05, 0) is 0 Å². The summed E-state index contributed by atoms with van der Waals surface area (Å²) in [4.78, 5) is 28.6. The SMILES string of the molecule is N#Cc1nccnc1NC(CC(=O)O)C(=O)O. The van der Waals surface area contributed by atoms with E-state index in [0.717, 1.165) is 0 Å². The first kappa shape index (κ1) is 12.4. The summed E-state index contributed by atoms with van der Waals surface area (Å²) < 4.78 is 0. The quantitative estimate of drug-likeness (QED) is 0.633. The molecule has 0 spiro atoms. The monoisotopic (exact) mass is 236 g/mol. The molecule has 88 valence electrons. The highest BCUT2D eigenvalue weighted by molar-refractivity contribution is 5.83. The van der Waals surface area contributed by atoms with E-state index in [4.69, 9.17) is 15.5 Å². The molecule has 3 N–H and O–H groups in total. The predicted octanol–water partition coefficient (Wildman–Crippen LogP) is -0.312. The third-order valence-corrected chi connectivity index (χ3v) is 1.79. The number of anilines is 1. The lowest BCUT2D eigenvalue weighted by Gasteiger charge is -2.12. The lowest BCUT2D eigenvalue weighted by molar-refractivity contribution is -0.144. The third-order valence-electron chi connectivity index (χ3n) is 1.79. The summed E-state index contributed by atoms with van der Waals surface area (Å²) in [5, 5.41) is 28.4. The summed E-state index contributed by atoms with van der Waals surface area (Å²) in [5.41, 5.74) is -0.0934. The number of aliphatic carboxylic acids is 2. The normalized spacial score (nSPS) is 11.2. The van der Waals surface area contributed by atoms with Gasteiger partial charge in [-0.1, -0.05) is 0 Å². The molecule has 0 saturated heterocycles. The van der Waals surface area contributed by atoms with Gasteiger partial charge in [0.15, 0.2) is 11.5 Å². The Balaban J connectivity index is 2.90. The molecule has 17 heavy (non-hydrogen) atoms. The highest BCUT2D eigenvalue weighted by atomic mass is 16.4. The molecule has 1 atom stereocenters. The average Bonchev–Trinajstić information content (AvgIpc) is 2.28. The lowest BCUT2D eigenvalue weighted by Crippen LogP contribution is -2.32. The van der Waals surface area contributed by atoms with Crippen molar-refractivity contribution in [1.29, 1.82) is 5.26 Å². The Hall–Kier alpha value is -2.69. The Labute approximate surface area is 95.5 Å². The number of nitriles is 1. The van der Waals surface area contributed by atoms with E-state index < -0.39 is 24.4 Å². The van der Waals surface area contributed by atoms with Crippen LogP contribution in [0, 0.1) is 11.3 Å². The van der Waals surface area contributed by atoms with Crippen molar-refractivity contribution in [2.24, 2.45) is 0 Å². The smallest absolute Gasteiger partial charge is 0.326 e. The highest BCUT2D eigenvalue weighted by Crippen LogP contribution is 2.10. The van der Waals surface area contributed by atoms with Gasteiger partial charge < -0.3 is 15.5 Å². The van der Waals surface area contributed by atoms with Crippen LogP contribution < -0.4 is 5.32 Å². The van der Waals surface area contributed by atoms with Crippen LogP contribution in [0.15, 0.2) is 12.4 Å². The van der Waals surface area contributed by atoms with E-state index in [1.165, 1.54) is 12.4 Å². The van der Waals surface area contributed by atoms with Gasteiger partial charge in [0.05, 0.1) is 6.42 Å². The Morgan fingerprint density at radius 3 is 2.59 bits per heavy atom. The van der Waals surface area contributed by atoms with Gasteiger partial charge in [-0.15, -0.1) is 0 Å². The van der Waals surface area contributed by atoms with Crippen LogP contribution in [0.1, 0.15) is 12.1 Å². The number of aromatic nitrogens is 2. The summed E-state index contributed by atoms with van der Waals surface area (Å²) in [6.07, 6.45) is 1.91. The van der Waals surface area contributed by atoms with Crippen molar-refractivity contribution < 1.29 is 19.8 Å². The fraction of sp³-hybridized carbons (Fsp3) is 0.222. The molecule has 8 nitrogen and oxygen atoms in total. The van der Waals surface area contributed by atoms with Gasteiger partial charge in [-0.2, -0.15) is 5.26 Å². The molecule has 1 aromatic heterocycles. The first-order valence-electron chi connectivity index (χ1n) is 4.47. The molecule has 1 aromatic rings. The van der Waals surface area contributed by atoms with Gasteiger partial charge in [0.25, 0.3) is 0 Å². The van der Waals surface area contributed by atoms with Crippen molar-refractivity contribution >= 4 is 17.8 Å². The van der Waals surface area contributed by atoms with Crippen molar-refractivity contribution in [1.82, 2.24) is 9.97 Å². The average molecular weight is 236 g/mol. The highest BCUT2D eigenvalue weighted by Gasteiger charge is 2.22. The van der Waals surface area contributed by atoms with E-state index in [2.05, 4.69) is 15.3 Å². The van der Waals surface area contributed by atoms with Crippen molar-refractivity contribution in [3.05, 3.63) is 18.1 Å². The van der Waals surface area contributed by atoms with Crippen molar-refractivity contribution in [3.63, 3.8) is 0 Å². The number of carboxylic acids is 2. The summed E-state index contributed by atoms with van der Waals surface area (Å²) in [7, 11) is 0. The summed E-state index contributed by atoms with van der Waals surface area (Å²) in [6.45, 7) is 0. The van der Waals surface area contributed by atoms with Crippen LogP contribution in [0.25, 0.3) is 0 Å². The molecular weight excluding hydrogens is 228 g/mol. The van der Waals surface area contributed by atoms with Gasteiger partial charge in [-0.3, -0.25) is 4.79 Å². The van der Waals surface area contributed by atoms with Crippen molar-refractivity contribution in [3.8, 4) is 6.07 Å². The van der Waals surface area contributed by atoms with E-state index in [1.54, 1.807) is 6.07 Å². The zero-order valence-electron chi connectivity index (χ0n) is 8.49. The second-order valence-electron chi connectivity index (χ2n) is 3.00. The Kier molecular flexibility index (Phi) is 3.94. The second-order valence-corrected chi connectivity index (χ2v) is 3.00. The fourth-order valence-corrected chi connectivity index (χ4v) is 1.07. The van der Waals surface area contributed by atoms with Crippen LogP contribution in [0.5, 0.6) is 0 Å². The Morgan fingerprint density at radius 2 is 2.06 bits per heavy atom. The van der Waals surface area contributed by atoms with Gasteiger partial charge in [0.2, 0.25) is 0 Å². The zero-order valence-corrected chi connectivity index (χ0v) is 8.49. The Bertz CT molecular complexity index is 482. The van der Waals surface area contributed by atoms with Crippen molar-refractivity contribution in [2.45, 2.75) is 12.5 Å². The zero-order chi connectivity index (χ0) is 12.8. The van der Waals surface area contributed by atoms with Crippen LogP contribution in [0.3, 0.4) is 0 Å². The topological polar surface area (TPSA) is 136 Å². The molecule has 1 rings (SSSR count). The minimum Gasteiger partial charge on any atom is -0.481 e. The second kappa shape index (κ2) is 5.41. The molecule has 0 fully saturated rings. The first-order valence-corrected chi connectivity index (χ1v) is 4.47. The van der Waals surface area contributed by atoms with Gasteiger partial charge >= 0.3 is 11.9 Å². The molecule has 8 heteroatoms. The van der Waals surface area contributed by atoms with Crippen LogP contribution in [-0.4, -0.2) is 38.2 Å². The van der Waals surface area contributed by atoms with Crippen LogP contribution in [-0.2, 0) is 9.59 Å². The molecule has 0 bridgehead atoms. The number of nitrogens with one attached hydrogen (secondary N) is 1. The molecule has 1 heterocycles. The van der Waals surface area contributed by atoms with Gasteiger partial charge in [-0.25, -0.2) is 14.8 Å². The molecule has 0 aromatic carbocycles. The number of nitrogens with zero attached hydrogens (tertiary/aromatic N) is 3. The number of carboxylic acid groups (broad SMARTS) is 2. The van der Waals surface area contributed by atoms with E-state index in [-0.39, 0.29) is 11.5 Å². The molecular formula is C9H8N4O4. The summed E-state index contributed by atoms with van der Waals surface area (Å²) in [5.74, 6) is -2.67. The van der Waals surface area contributed by atoms with E-state index >= 15 is 0 Å².